The molecule has 13 heteroatoms. The Morgan fingerprint density at radius 2 is 1.23 bits per heavy atom. The molecule has 0 spiro atoms. The Morgan fingerprint density at radius 1 is 0.645 bits per heavy atom. The molecule has 0 aromatic heterocycles. The monoisotopic (exact) mass is 490 g/mol. The van der Waals surface area contributed by atoms with Crippen molar-refractivity contribution in [3.63, 3.8) is 0 Å². The molecule has 0 amide bonds. The molecule has 3 aromatic rings. The van der Waals surface area contributed by atoms with Gasteiger partial charge in [0.25, 0.3) is 0 Å². The van der Waals surface area contributed by atoms with E-state index in [2.05, 4.69) is 57.2 Å². The highest BCUT2D eigenvalue weighted by Crippen LogP contribution is 2.64. The van der Waals surface area contributed by atoms with E-state index < -0.39 is 23.5 Å². The SMILES string of the molecule is O=P(O)(O)OP(=O)(O)OP(=O)(O)O.c1ccc2c(c1)ccc1c3c(ccc12)CCCC3. The molecule has 10 nitrogen and oxygen atoms in total. The van der Waals surface area contributed by atoms with E-state index >= 15 is 0 Å². The lowest BCUT2D eigenvalue weighted by atomic mass is 9.86. The van der Waals surface area contributed by atoms with E-state index in [-0.39, 0.29) is 0 Å². The third-order valence-corrected chi connectivity index (χ3v) is 8.03. The molecule has 0 saturated heterocycles. The molecule has 31 heavy (non-hydrogen) atoms. The second-order valence-corrected chi connectivity index (χ2v) is 11.1. The van der Waals surface area contributed by atoms with Crippen LogP contribution in [0.3, 0.4) is 0 Å². The first-order chi connectivity index (χ1) is 14.3. The van der Waals surface area contributed by atoms with Crippen LogP contribution in [0.2, 0.25) is 0 Å². The fraction of sp³-hybridized carbons (Fsp3) is 0.222. The van der Waals surface area contributed by atoms with E-state index in [1.165, 1.54) is 47.2 Å². The Kier molecular flexibility index (Phi) is 7.21. The zero-order valence-electron chi connectivity index (χ0n) is 16.1. The molecular weight excluding hydrogens is 469 g/mol. The molecule has 168 valence electrons. The van der Waals surface area contributed by atoms with Gasteiger partial charge in [0.15, 0.2) is 0 Å². The topological polar surface area (TPSA) is 171 Å². The van der Waals surface area contributed by atoms with Crippen molar-refractivity contribution >= 4 is 45.0 Å². The predicted molar refractivity (Wildman–Crippen MR) is 114 cm³/mol. The van der Waals surface area contributed by atoms with Gasteiger partial charge in [0.05, 0.1) is 0 Å². The van der Waals surface area contributed by atoms with E-state index in [9.17, 15) is 13.7 Å². The average Bonchev–Trinajstić information content (AvgIpc) is 2.64. The summed E-state index contributed by atoms with van der Waals surface area (Å²) in [6.45, 7) is 0. The van der Waals surface area contributed by atoms with E-state index in [1.807, 2.05) is 0 Å². The van der Waals surface area contributed by atoms with Crippen LogP contribution in [-0.4, -0.2) is 24.5 Å². The first-order valence-corrected chi connectivity index (χ1v) is 13.7. The van der Waals surface area contributed by atoms with Crippen LogP contribution in [-0.2, 0) is 35.2 Å². The summed E-state index contributed by atoms with van der Waals surface area (Å²) in [5, 5.41) is 5.64. The number of benzene rings is 3. The van der Waals surface area contributed by atoms with Crippen LogP contribution in [0.25, 0.3) is 21.5 Å². The standard InChI is InChI=1S/C18H16.H5O10P3/c1-3-7-15-13(5-1)9-11-18-16-8-4-2-6-14(16)10-12-17(15)18;1-11(2,3)9-13(7,8)10-12(4,5)6/h1,3,5,7,9-12H,2,4,6,8H2;(H,7,8)(H2,1,2,3)(H2,4,5,6). The number of rotatable bonds is 4. The summed E-state index contributed by atoms with van der Waals surface area (Å²) in [5.41, 5.74) is 3.17. The summed E-state index contributed by atoms with van der Waals surface area (Å²) in [7, 11) is -16.2. The van der Waals surface area contributed by atoms with E-state index in [0.29, 0.717) is 0 Å². The maximum atomic E-state index is 10.4. The second kappa shape index (κ2) is 9.22. The van der Waals surface area contributed by atoms with Gasteiger partial charge in [-0.3, -0.25) is 0 Å². The summed E-state index contributed by atoms with van der Waals surface area (Å²) in [6, 6.07) is 18.0. The van der Waals surface area contributed by atoms with Gasteiger partial charge in [-0.05, 0) is 58.4 Å². The van der Waals surface area contributed by atoms with Crippen molar-refractivity contribution in [1.29, 1.82) is 0 Å². The predicted octanol–water partition coefficient (Wildman–Crippen LogP) is 4.18. The third-order valence-electron chi connectivity index (χ3n) is 4.68. The highest BCUT2D eigenvalue weighted by molar-refractivity contribution is 7.66. The van der Waals surface area contributed by atoms with E-state index in [1.54, 1.807) is 11.1 Å². The minimum absolute atomic E-state index is 1.25. The number of hydrogen-bond donors (Lipinski definition) is 5. The Balaban J connectivity index is 0.000000188. The molecule has 0 bridgehead atoms. The van der Waals surface area contributed by atoms with E-state index in [4.69, 9.17) is 24.5 Å². The lowest BCUT2D eigenvalue weighted by Crippen LogP contribution is -2.02. The van der Waals surface area contributed by atoms with Gasteiger partial charge in [0.2, 0.25) is 0 Å². The molecule has 0 atom stereocenters. The molecule has 0 heterocycles. The molecule has 1 aliphatic carbocycles. The lowest BCUT2D eigenvalue weighted by molar-refractivity contribution is 0.204. The van der Waals surface area contributed by atoms with Crippen LogP contribution in [0, 0.1) is 0 Å². The van der Waals surface area contributed by atoms with Crippen molar-refractivity contribution in [3.8, 4) is 0 Å². The van der Waals surface area contributed by atoms with Crippen LogP contribution in [0.15, 0.2) is 48.5 Å². The van der Waals surface area contributed by atoms with Gasteiger partial charge in [-0.2, -0.15) is 8.62 Å². The van der Waals surface area contributed by atoms with Crippen LogP contribution >= 0.6 is 23.5 Å². The van der Waals surface area contributed by atoms with Crippen molar-refractivity contribution in [1.82, 2.24) is 0 Å². The maximum Gasteiger partial charge on any atom is 0.490 e. The molecule has 1 aliphatic rings. The summed E-state index contributed by atoms with van der Waals surface area (Å²) in [5.74, 6) is 0. The molecule has 0 saturated carbocycles. The minimum atomic E-state index is -5.46. The average molecular weight is 490 g/mol. The number of fused-ring (bicyclic) bond motifs is 5. The summed E-state index contributed by atoms with van der Waals surface area (Å²) >= 11 is 0. The van der Waals surface area contributed by atoms with Gasteiger partial charge < -0.3 is 24.5 Å². The Morgan fingerprint density at radius 3 is 1.87 bits per heavy atom. The summed E-state index contributed by atoms with van der Waals surface area (Å²) in [6.07, 6.45) is 5.22. The van der Waals surface area contributed by atoms with Crippen molar-refractivity contribution in [2.24, 2.45) is 0 Å². The van der Waals surface area contributed by atoms with Crippen molar-refractivity contribution in [2.45, 2.75) is 25.7 Å². The first kappa shape index (κ1) is 24.2. The van der Waals surface area contributed by atoms with Crippen molar-refractivity contribution in [2.75, 3.05) is 0 Å². The maximum absolute atomic E-state index is 10.4. The van der Waals surface area contributed by atoms with Crippen molar-refractivity contribution < 1.29 is 46.8 Å². The highest BCUT2D eigenvalue weighted by Gasteiger charge is 2.38. The number of aryl methyl sites for hydroxylation is 2. The second-order valence-electron chi connectivity index (χ2n) is 6.91. The summed E-state index contributed by atoms with van der Waals surface area (Å²) in [4.78, 5) is 40.2. The fourth-order valence-electron chi connectivity index (χ4n) is 3.63. The van der Waals surface area contributed by atoms with Crippen LogP contribution in [0.1, 0.15) is 24.0 Å². The Hall–Kier alpha value is -1.41. The molecule has 0 fully saturated rings. The van der Waals surface area contributed by atoms with E-state index in [0.717, 1.165) is 0 Å². The van der Waals surface area contributed by atoms with Gasteiger partial charge in [0.1, 0.15) is 0 Å². The van der Waals surface area contributed by atoms with Gasteiger partial charge >= 0.3 is 23.5 Å². The molecule has 0 unspecified atom stereocenters. The van der Waals surface area contributed by atoms with Gasteiger partial charge in [-0.25, -0.2) is 13.7 Å². The normalized spacial score (nSPS) is 14.7. The quantitative estimate of drug-likeness (QED) is 0.264. The smallest absolute Gasteiger partial charge is 0.302 e. The van der Waals surface area contributed by atoms with Crippen LogP contribution in [0.4, 0.5) is 0 Å². The number of hydrogen-bond acceptors (Lipinski definition) is 5. The highest BCUT2D eigenvalue weighted by atomic mass is 31.3. The van der Waals surface area contributed by atoms with Crippen molar-refractivity contribution in [3.05, 3.63) is 59.7 Å². The fourth-order valence-corrected chi connectivity index (χ4v) is 6.16. The molecule has 4 rings (SSSR count). The van der Waals surface area contributed by atoms with Gasteiger partial charge in [0, 0.05) is 0 Å². The first-order valence-electron chi connectivity index (χ1n) is 9.13. The number of phosphoric acid groups is 3. The molecule has 3 aromatic carbocycles. The van der Waals surface area contributed by atoms with Crippen LogP contribution < -0.4 is 0 Å². The molecule has 0 aliphatic heterocycles. The zero-order chi connectivity index (χ0) is 22.9. The zero-order valence-corrected chi connectivity index (χ0v) is 18.7. The largest absolute Gasteiger partial charge is 0.490 e. The Labute approximate surface area is 177 Å². The Bertz CT molecular complexity index is 1220. The summed E-state index contributed by atoms with van der Waals surface area (Å²) < 4.78 is 36.4. The minimum Gasteiger partial charge on any atom is -0.302 e. The molecule has 0 radical (unpaired) electrons. The lowest BCUT2D eigenvalue weighted by Gasteiger charge is -2.18. The van der Waals surface area contributed by atoms with Gasteiger partial charge in [-0.1, -0.05) is 48.5 Å². The third kappa shape index (κ3) is 6.78. The van der Waals surface area contributed by atoms with Gasteiger partial charge in [-0.15, -0.1) is 0 Å². The van der Waals surface area contributed by atoms with Crippen LogP contribution in [0.5, 0.6) is 0 Å². The molecular formula is C18H21O10P3. The molecule has 5 N–H and O–H groups in total.